The molecule has 1 aliphatic heterocycles. The first-order valence-corrected chi connectivity index (χ1v) is 15.3. The van der Waals surface area contributed by atoms with Crippen LogP contribution in [0.3, 0.4) is 0 Å². The molecule has 0 radical (unpaired) electrons. The van der Waals surface area contributed by atoms with Gasteiger partial charge in [0.05, 0.1) is 18.1 Å². The lowest BCUT2D eigenvalue weighted by atomic mass is 9.79. The number of carbonyl (C=O) groups is 2. The van der Waals surface area contributed by atoms with Crippen LogP contribution in [0.25, 0.3) is 0 Å². The summed E-state index contributed by atoms with van der Waals surface area (Å²) in [5.41, 5.74) is 3.94. The SMILES string of the molecule is CCNC(=O)C1=C(C)NC(C)=C(C(=O)OCCCc2ccccc2)C1c1ccccc1OS(=O)(=O)c1ccc(C)cc1. The molecule has 1 atom stereocenters. The molecule has 1 heterocycles. The van der Waals surface area contributed by atoms with Crippen molar-refractivity contribution in [3.8, 4) is 5.75 Å². The molecule has 4 rings (SSSR count). The zero-order valence-electron chi connectivity index (χ0n) is 24.3. The number of amides is 1. The summed E-state index contributed by atoms with van der Waals surface area (Å²) in [6.45, 7) is 7.68. The highest BCUT2D eigenvalue weighted by Crippen LogP contribution is 2.43. The number of benzene rings is 3. The number of rotatable bonds is 11. The maximum absolute atomic E-state index is 13.7. The van der Waals surface area contributed by atoms with Crippen molar-refractivity contribution in [2.75, 3.05) is 13.2 Å². The first-order chi connectivity index (χ1) is 20.1. The normalized spacial score (nSPS) is 15.2. The van der Waals surface area contributed by atoms with Crippen LogP contribution in [0.1, 0.15) is 49.8 Å². The van der Waals surface area contributed by atoms with Crippen LogP contribution < -0.4 is 14.8 Å². The topological polar surface area (TPSA) is 111 Å². The fourth-order valence-corrected chi connectivity index (χ4v) is 5.92. The lowest BCUT2D eigenvalue weighted by Crippen LogP contribution is -2.36. The quantitative estimate of drug-likeness (QED) is 0.177. The van der Waals surface area contributed by atoms with Crippen LogP contribution in [-0.2, 0) is 30.9 Å². The Labute approximate surface area is 247 Å². The van der Waals surface area contributed by atoms with Gasteiger partial charge in [0.1, 0.15) is 10.6 Å². The van der Waals surface area contributed by atoms with E-state index < -0.39 is 22.0 Å². The van der Waals surface area contributed by atoms with Crippen molar-refractivity contribution in [3.63, 3.8) is 0 Å². The number of likely N-dealkylation sites (N-methyl/N-ethyl adjacent to an activating group) is 1. The molecule has 9 heteroatoms. The third-order valence-corrected chi connectivity index (χ3v) is 8.24. The molecule has 0 bridgehead atoms. The number of hydrogen-bond donors (Lipinski definition) is 2. The predicted molar refractivity (Wildman–Crippen MR) is 161 cm³/mol. The zero-order valence-corrected chi connectivity index (χ0v) is 25.1. The molecule has 0 aliphatic carbocycles. The molecule has 0 saturated heterocycles. The van der Waals surface area contributed by atoms with Crippen LogP contribution in [0.15, 0.2) is 106 Å². The zero-order chi connectivity index (χ0) is 30.3. The first-order valence-electron chi connectivity index (χ1n) is 13.9. The molecule has 0 spiro atoms. The monoisotopic (exact) mass is 588 g/mol. The number of hydrogen-bond acceptors (Lipinski definition) is 7. The fraction of sp³-hybridized carbons (Fsp3) is 0.273. The number of ether oxygens (including phenoxy) is 1. The van der Waals surface area contributed by atoms with E-state index in [2.05, 4.69) is 10.6 Å². The summed E-state index contributed by atoms with van der Waals surface area (Å²) in [4.78, 5) is 27.0. The van der Waals surface area contributed by atoms with Crippen LogP contribution in [0, 0.1) is 6.92 Å². The minimum atomic E-state index is -4.21. The Morgan fingerprint density at radius 3 is 2.19 bits per heavy atom. The van der Waals surface area contributed by atoms with E-state index in [-0.39, 0.29) is 34.3 Å². The summed E-state index contributed by atoms with van der Waals surface area (Å²) in [6, 6.07) is 22.8. The van der Waals surface area contributed by atoms with Crippen molar-refractivity contribution >= 4 is 22.0 Å². The summed E-state index contributed by atoms with van der Waals surface area (Å²) >= 11 is 0. The number of esters is 1. The second-order valence-electron chi connectivity index (χ2n) is 10.1. The molecule has 1 aliphatic rings. The van der Waals surface area contributed by atoms with Crippen LogP contribution in [0.5, 0.6) is 5.75 Å². The Morgan fingerprint density at radius 1 is 0.857 bits per heavy atom. The Balaban J connectivity index is 1.70. The van der Waals surface area contributed by atoms with E-state index in [9.17, 15) is 18.0 Å². The van der Waals surface area contributed by atoms with Gasteiger partial charge < -0.3 is 19.6 Å². The molecular weight excluding hydrogens is 552 g/mol. The van der Waals surface area contributed by atoms with Crippen molar-refractivity contribution in [1.82, 2.24) is 10.6 Å². The minimum absolute atomic E-state index is 0.00587. The third-order valence-electron chi connectivity index (χ3n) is 6.99. The molecular formula is C33H36N2O6S. The van der Waals surface area contributed by atoms with Gasteiger partial charge in [-0.05, 0) is 64.3 Å². The molecule has 220 valence electrons. The van der Waals surface area contributed by atoms with E-state index in [1.807, 2.05) is 37.3 Å². The minimum Gasteiger partial charge on any atom is -0.462 e. The van der Waals surface area contributed by atoms with Crippen LogP contribution in [0.4, 0.5) is 0 Å². The molecule has 1 amide bonds. The Bertz CT molecular complexity index is 1610. The van der Waals surface area contributed by atoms with Gasteiger partial charge in [-0.25, -0.2) is 4.79 Å². The highest BCUT2D eigenvalue weighted by atomic mass is 32.2. The van der Waals surface area contributed by atoms with E-state index in [4.69, 9.17) is 8.92 Å². The molecule has 0 fully saturated rings. The largest absolute Gasteiger partial charge is 0.462 e. The molecule has 3 aromatic rings. The van der Waals surface area contributed by atoms with E-state index in [0.717, 1.165) is 17.5 Å². The lowest BCUT2D eigenvalue weighted by molar-refractivity contribution is -0.139. The number of carbonyl (C=O) groups excluding carboxylic acids is 2. The van der Waals surface area contributed by atoms with Crippen LogP contribution in [0.2, 0.25) is 0 Å². The van der Waals surface area contributed by atoms with Gasteiger partial charge in [0.2, 0.25) is 5.91 Å². The van der Waals surface area contributed by atoms with Crippen molar-refractivity contribution < 1.29 is 26.9 Å². The van der Waals surface area contributed by atoms with Crippen molar-refractivity contribution in [2.24, 2.45) is 0 Å². The highest BCUT2D eigenvalue weighted by molar-refractivity contribution is 7.87. The number of dihydropyridines is 1. The summed E-state index contributed by atoms with van der Waals surface area (Å²) in [5.74, 6) is -1.90. The Morgan fingerprint density at radius 2 is 1.50 bits per heavy atom. The van der Waals surface area contributed by atoms with Gasteiger partial charge in [0, 0.05) is 29.1 Å². The van der Waals surface area contributed by atoms with Crippen molar-refractivity contribution in [2.45, 2.75) is 51.3 Å². The standard InChI is InChI=1S/C33H36N2O6S/c1-5-34-32(36)29-23(3)35-24(4)30(33(37)40-21-11-14-25-12-7-6-8-13-25)31(29)27-15-9-10-16-28(27)41-42(38,39)26-19-17-22(2)18-20-26/h6-10,12-13,15-20,31,35H,5,11,14,21H2,1-4H3,(H,34,36). The molecule has 0 aromatic heterocycles. The summed E-state index contributed by atoms with van der Waals surface area (Å²) in [5, 5.41) is 5.97. The number of allylic oxidation sites excluding steroid dienone is 2. The number of nitrogens with one attached hydrogen (secondary N) is 2. The molecule has 2 N–H and O–H groups in total. The Hall–Kier alpha value is -4.37. The van der Waals surface area contributed by atoms with Gasteiger partial charge in [0.25, 0.3) is 0 Å². The van der Waals surface area contributed by atoms with Gasteiger partial charge in [-0.2, -0.15) is 8.42 Å². The number of para-hydroxylation sites is 1. The average molecular weight is 589 g/mol. The summed E-state index contributed by atoms with van der Waals surface area (Å²) in [7, 11) is -4.21. The fourth-order valence-electron chi connectivity index (χ4n) is 4.96. The van der Waals surface area contributed by atoms with E-state index in [0.29, 0.717) is 29.9 Å². The predicted octanol–water partition coefficient (Wildman–Crippen LogP) is 5.31. The van der Waals surface area contributed by atoms with Gasteiger partial charge in [-0.3, -0.25) is 4.79 Å². The second kappa shape index (κ2) is 13.5. The summed E-state index contributed by atoms with van der Waals surface area (Å²) < 4.78 is 37.9. The van der Waals surface area contributed by atoms with E-state index in [1.165, 1.54) is 18.2 Å². The first kappa shape index (κ1) is 30.6. The van der Waals surface area contributed by atoms with Gasteiger partial charge in [-0.15, -0.1) is 0 Å². The van der Waals surface area contributed by atoms with E-state index in [1.54, 1.807) is 51.1 Å². The lowest BCUT2D eigenvalue weighted by Gasteiger charge is -2.31. The molecule has 42 heavy (non-hydrogen) atoms. The van der Waals surface area contributed by atoms with Crippen molar-refractivity contribution in [1.29, 1.82) is 0 Å². The van der Waals surface area contributed by atoms with Crippen molar-refractivity contribution in [3.05, 3.63) is 118 Å². The molecule has 8 nitrogen and oxygen atoms in total. The Kier molecular flexibility index (Phi) is 9.85. The molecule has 0 saturated carbocycles. The maximum atomic E-state index is 13.7. The molecule has 1 unspecified atom stereocenters. The average Bonchev–Trinajstić information content (AvgIpc) is 2.96. The molecule has 3 aromatic carbocycles. The second-order valence-corrected chi connectivity index (χ2v) is 11.7. The highest BCUT2D eigenvalue weighted by Gasteiger charge is 2.39. The van der Waals surface area contributed by atoms with E-state index >= 15 is 0 Å². The van der Waals surface area contributed by atoms with Gasteiger partial charge in [0.15, 0.2) is 0 Å². The summed E-state index contributed by atoms with van der Waals surface area (Å²) in [6.07, 6.45) is 1.36. The van der Waals surface area contributed by atoms with Crippen LogP contribution >= 0.6 is 0 Å². The van der Waals surface area contributed by atoms with Gasteiger partial charge in [-0.1, -0.05) is 66.2 Å². The maximum Gasteiger partial charge on any atom is 0.339 e. The van der Waals surface area contributed by atoms with Crippen LogP contribution in [-0.4, -0.2) is 33.4 Å². The van der Waals surface area contributed by atoms with Gasteiger partial charge >= 0.3 is 16.1 Å². The smallest absolute Gasteiger partial charge is 0.339 e. The third kappa shape index (κ3) is 7.09. The number of aryl methyl sites for hydroxylation is 2.